The second-order valence-electron chi connectivity index (χ2n) is 6.26. The van der Waals surface area contributed by atoms with Gasteiger partial charge in [0, 0.05) is 6.20 Å². The third-order valence-electron chi connectivity index (χ3n) is 4.41. The Labute approximate surface area is 163 Å². The Bertz CT molecular complexity index is 1200. The first-order valence-electron chi connectivity index (χ1n) is 8.43. The number of aromatic nitrogens is 4. The van der Waals surface area contributed by atoms with E-state index in [-0.39, 0.29) is 11.3 Å². The van der Waals surface area contributed by atoms with E-state index in [1.54, 1.807) is 29.0 Å². The summed E-state index contributed by atoms with van der Waals surface area (Å²) >= 11 is 1.58. The Kier molecular flexibility index (Phi) is 4.36. The Morgan fingerprint density at radius 3 is 2.79 bits per heavy atom. The third-order valence-corrected chi connectivity index (χ3v) is 5.30. The lowest BCUT2D eigenvalue weighted by Gasteiger charge is -2.13. The van der Waals surface area contributed by atoms with E-state index in [9.17, 15) is 9.59 Å². The van der Waals surface area contributed by atoms with Crippen molar-refractivity contribution in [2.75, 3.05) is 5.73 Å². The lowest BCUT2D eigenvalue weighted by Crippen LogP contribution is -2.17. The van der Waals surface area contributed by atoms with Crippen LogP contribution < -0.4 is 11.5 Å². The second kappa shape index (κ2) is 6.86. The maximum Gasteiger partial charge on any atom is 0.250 e. The zero-order valence-electron chi connectivity index (χ0n) is 14.9. The van der Waals surface area contributed by atoms with Crippen LogP contribution in [0.25, 0.3) is 27.5 Å². The van der Waals surface area contributed by atoms with Gasteiger partial charge in [0.2, 0.25) is 0 Å². The van der Waals surface area contributed by atoms with Gasteiger partial charge in [0.25, 0.3) is 5.91 Å². The number of nitrogen functional groups attached to an aromatic ring is 1. The van der Waals surface area contributed by atoms with Crippen LogP contribution >= 0.6 is 11.3 Å². The first-order valence-corrected chi connectivity index (χ1v) is 9.31. The maximum absolute atomic E-state index is 11.9. The molecule has 0 saturated heterocycles. The lowest BCUT2D eigenvalue weighted by atomic mass is 10.0. The molecule has 4 heterocycles. The molecule has 4 rings (SSSR count). The number of rotatable bonds is 5. The van der Waals surface area contributed by atoms with Crippen LogP contribution in [0.3, 0.4) is 0 Å². The highest BCUT2D eigenvalue weighted by molar-refractivity contribution is 7.13. The zero-order chi connectivity index (χ0) is 19.8. The first kappa shape index (κ1) is 17.8. The van der Waals surface area contributed by atoms with Crippen molar-refractivity contribution in [1.29, 1.82) is 0 Å². The standard InChI is InChI=1S/C19H16N6O2S/c1-10(9-26)17-16(20)11(18(21)27)7-14(23-17)12-8-22-25-5-4-13(24-19(12)25)15-3-2-6-28-15/h2-10H,20H2,1H3,(H2,21,27). The number of carbonyl (C=O) groups is 2. The van der Waals surface area contributed by atoms with Crippen LogP contribution in [-0.4, -0.2) is 31.8 Å². The van der Waals surface area contributed by atoms with E-state index in [1.165, 1.54) is 6.07 Å². The van der Waals surface area contributed by atoms with Gasteiger partial charge in [0.1, 0.15) is 6.29 Å². The van der Waals surface area contributed by atoms with Crippen molar-refractivity contribution >= 4 is 34.9 Å². The Morgan fingerprint density at radius 1 is 1.29 bits per heavy atom. The molecule has 0 fully saturated rings. The smallest absolute Gasteiger partial charge is 0.250 e. The first-order chi connectivity index (χ1) is 13.5. The predicted octanol–water partition coefficient (Wildman–Crippen LogP) is 2.50. The van der Waals surface area contributed by atoms with Crippen LogP contribution in [-0.2, 0) is 4.79 Å². The van der Waals surface area contributed by atoms with Gasteiger partial charge >= 0.3 is 0 Å². The van der Waals surface area contributed by atoms with Crippen LogP contribution in [0.1, 0.15) is 28.9 Å². The van der Waals surface area contributed by atoms with Crippen LogP contribution in [0.15, 0.2) is 42.0 Å². The van der Waals surface area contributed by atoms with E-state index >= 15 is 0 Å². The number of thiophene rings is 1. The molecule has 140 valence electrons. The van der Waals surface area contributed by atoms with Gasteiger partial charge in [0.15, 0.2) is 5.65 Å². The van der Waals surface area contributed by atoms with Crippen molar-refractivity contribution in [3.8, 4) is 21.8 Å². The molecule has 4 aromatic rings. The fourth-order valence-electron chi connectivity index (χ4n) is 2.94. The summed E-state index contributed by atoms with van der Waals surface area (Å²) in [5.41, 5.74) is 14.4. The minimum absolute atomic E-state index is 0.111. The summed E-state index contributed by atoms with van der Waals surface area (Å²) in [5, 5.41) is 6.29. The number of hydrogen-bond acceptors (Lipinski definition) is 7. The van der Waals surface area contributed by atoms with Crippen molar-refractivity contribution in [1.82, 2.24) is 19.6 Å². The third kappa shape index (κ3) is 2.91. The molecule has 0 radical (unpaired) electrons. The molecule has 0 bridgehead atoms. The molecular formula is C19H16N6O2S. The number of nitrogens with two attached hydrogens (primary N) is 2. The van der Waals surface area contributed by atoms with Gasteiger partial charge in [-0.3, -0.25) is 4.79 Å². The van der Waals surface area contributed by atoms with E-state index in [1.807, 2.05) is 29.8 Å². The van der Waals surface area contributed by atoms with E-state index in [0.29, 0.717) is 22.6 Å². The molecule has 0 aliphatic heterocycles. The van der Waals surface area contributed by atoms with Crippen LogP contribution in [0, 0.1) is 0 Å². The SMILES string of the molecule is CC(C=O)c1nc(-c2cnn3ccc(-c4cccs4)nc23)cc(C(N)=O)c1N. The summed E-state index contributed by atoms with van der Waals surface area (Å²) in [5.74, 6) is -1.28. The highest BCUT2D eigenvalue weighted by Crippen LogP contribution is 2.31. The number of carbonyl (C=O) groups excluding carboxylic acids is 2. The molecule has 0 aliphatic rings. The fraction of sp³-hybridized carbons (Fsp3) is 0.105. The summed E-state index contributed by atoms with van der Waals surface area (Å²) in [6.45, 7) is 1.66. The molecule has 1 atom stereocenters. The molecule has 1 amide bonds. The summed E-state index contributed by atoms with van der Waals surface area (Å²) in [6.07, 6.45) is 4.14. The van der Waals surface area contributed by atoms with Crippen LogP contribution in [0.4, 0.5) is 5.69 Å². The molecule has 0 aromatic carbocycles. The summed E-state index contributed by atoms with van der Waals surface area (Å²) in [6, 6.07) is 7.32. The fourth-order valence-corrected chi connectivity index (χ4v) is 3.63. The van der Waals surface area contributed by atoms with Gasteiger partial charge in [-0.2, -0.15) is 5.10 Å². The normalized spacial score (nSPS) is 12.2. The minimum Gasteiger partial charge on any atom is -0.397 e. The van der Waals surface area contributed by atoms with E-state index in [2.05, 4.69) is 10.1 Å². The van der Waals surface area contributed by atoms with E-state index in [0.717, 1.165) is 16.9 Å². The summed E-state index contributed by atoms with van der Waals surface area (Å²) in [4.78, 5) is 33.4. The van der Waals surface area contributed by atoms with E-state index < -0.39 is 11.8 Å². The van der Waals surface area contributed by atoms with E-state index in [4.69, 9.17) is 16.5 Å². The summed E-state index contributed by atoms with van der Waals surface area (Å²) < 4.78 is 1.62. The molecule has 28 heavy (non-hydrogen) atoms. The minimum atomic E-state index is -0.691. The number of pyridine rings is 1. The number of aldehydes is 1. The largest absolute Gasteiger partial charge is 0.397 e. The predicted molar refractivity (Wildman–Crippen MR) is 107 cm³/mol. The van der Waals surface area contributed by atoms with Crippen molar-refractivity contribution in [2.24, 2.45) is 5.73 Å². The van der Waals surface area contributed by atoms with Crippen molar-refractivity contribution in [2.45, 2.75) is 12.8 Å². The Hall–Kier alpha value is -3.59. The van der Waals surface area contributed by atoms with Crippen molar-refractivity contribution < 1.29 is 9.59 Å². The average molecular weight is 392 g/mol. The van der Waals surface area contributed by atoms with Crippen molar-refractivity contribution in [3.63, 3.8) is 0 Å². The molecule has 9 heteroatoms. The monoisotopic (exact) mass is 392 g/mol. The average Bonchev–Trinajstić information content (AvgIpc) is 3.36. The van der Waals surface area contributed by atoms with Crippen LogP contribution in [0.2, 0.25) is 0 Å². The molecule has 1 unspecified atom stereocenters. The molecule has 0 spiro atoms. The topological polar surface area (TPSA) is 129 Å². The van der Waals surface area contributed by atoms with Gasteiger partial charge in [-0.15, -0.1) is 11.3 Å². The van der Waals surface area contributed by atoms with Crippen LogP contribution in [0.5, 0.6) is 0 Å². The number of anilines is 1. The molecule has 4 N–H and O–H groups in total. The quantitative estimate of drug-likeness (QED) is 0.502. The van der Waals surface area contributed by atoms with Gasteiger partial charge in [-0.05, 0) is 23.6 Å². The number of fused-ring (bicyclic) bond motifs is 1. The molecule has 8 nitrogen and oxygen atoms in total. The number of amides is 1. The van der Waals surface area contributed by atoms with Gasteiger partial charge < -0.3 is 16.3 Å². The lowest BCUT2D eigenvalue weighted by molar-refractivity contribution is -0.108. The van der Waals surface area contributed by atoms with Gasteiger partial charge in [-0.1, -0.05) is 13.0 Å². The number of hydrogen-bond donors (Lipinski definition) is 2. The summed E-state index contributed by atoms with van der Waals surface area (Å²) in [7, 11) is 0. The molecule has 4 aromatic heterocycles. The maximum atomic E-state index is 11.9. The van der Waals surface area contributed by atoms with Gasteiger partial charge in [0.05, 0.1) is 50.9 Å². The molecular weight excluding hydrogens is 376 g/mol. The zero-order valence-corrected chi connectivity index (χ0v) is 15.7. The number of primary amides is 1. The highest BCUT2D eigenvalue weighted by Gasteiger charge is 2.21. The molecule has 0 saturated carbocycles. The Morgan fingerprint density at radius 2 is 2.11 bits per heavy atom. The second-order valence-corrected chi connectivity index (χ2v) is 7.21. The number of nitrogens with zero attached hydrogens (tertiary/aromatic N) is 4. The van der Waals surface area contributed by atoms with Gasteiger partial charge in [-0.25, -0.2) is 14.5 Å². The molecule has 0 aliphatic carbocycles. The highest BCUT2D eigenvalue weighted by atomic mass is 32.1. The van der Waals surface area contributed by atoms with Crippen molar-refractivity contribution in [3.05, 3.63) is 53.3 Å². The Balaban J connectivity index is 1.94.